The van der Waals surface area contributed by atoms with Crippen molar-refractivity contribution in [1.82, 2.24) is 9.97 Å². The average Bonchev–Trinajstić information content (AvgIpc) is 2.93. The lowest BCUT2D eigenvalue weighted by molar-refractivity contribution is 1.23. The zero-order valence-corrected chi connectivity index (χ0v) is 10.3. The van der Waals surface area contributed by atoms with Crippen molar-refractivity contribution in [1.29, 1.82) is 0 Å². The largest absolute Gasteiger partial charge is 0.328 e. The highest BCUT2D eigenvalue weighted by Crippen LogP contribution is 2.29. The topological polar surface area (TPSA) is 45.8 Å². The second kappa shape index (κ2) is 4.58. The molecule has 0 aliphatic heterocycles. The van der Waals surface area contributed by atoms with Crippen LogP contribution in [0.1, 0.15) is 0 Å². The summed E-state index contributed by atoms with van der Waals surface area (Å²) in [5.74, 6) is 0. The van der Waals surface area contributed by atoms with Gasteiger partial charge in [0.2, 0.25) is 0 Å². The van der Waals surface area contributed by atoms with E-state index in [0.717, 1.165) is 16.1 Å². The quantitative estimate of drug-likeness (QED) is 0.763. The van der Waals surface area contributed by atoms with Crippen LogP contribution in [0, 0.1) is 0 Å². The van der Waals surface area contributed by atoms with Crippen molar-refractivity contribution in [3.8, 4) is 21.7 Å². The number of hydrogen-bond acceptors (Lipinski definition) is 3. The molecule has 0 radical (unpaired) electrons. The minimum absolute atomic E-state index is 0.105. The summed E-state index contributed by atoms with van der Waals surface area (Å²) in [4.78, 5) is 19.0. The van der Waals surface area contributed by atoms with Gasteiger partial charge in [-0.3, -0.25) is 4.79 Å². The van der Waals surface area contributed by atoms with E-state index >= 15 is 0 Å². The van der Waals surface area contributed by atoms with Crippen molar-refractivity contribution in [2.75, 3.05) is 0 Å². The third-order valence-electron chi connectivity index (χ3n) is 2.69. The molecule has 0 atom stereocenters. The number of aromatic amines is 1. The molecule has 0 fully saturated rings. The molecule has 3 aromatic rings. The van der Waals surface area contributed by atoms with E-state index in [-0.39, 0.29) is 5.56 Å². The Bertz CT molecular complexity index is 702. The van der Waals surface area contributed by atoms with E-state index in [1.165, 1.54) is 11.3 Å². The lowest BCUT2D eigenvalue weighted by Crippen LogP contribution is -2.09. The van der Waals surface area contributed by atoms with Gasteiger partial charge in [0.25, 0.3) is 5.56 Å². The molecule has 0 unspecified atom stereocenters. The maximum Gasteiger partial charge on any atom is 0.258 e. The number of rotatable bonds is 2. The number of benzene rings is 1. The minimum atomic E-state index is -0.105. The van der Waals surface area contributed by atoms with Crippen LogP contribution < -0.4 is 5.56 Å². The zero-order chi connectivity index (χ0) is 12.4. The predicted octanol–water partition coefficient (Wildman–Crippen LogP) is 3.17. The van der Waals surface area contributed by atoms with Gasteiger partial charge >= 0.3 is 0 Å². The van der Waals surface area contributed by atoms with Gasteiger partial charge in [-0.2, -0.15) is 0 Å². The van der Waals surface area contributed by atoms with E-state index in [0.29, 0.717) is 5.56 Å². The van der Waals surface area contributed by atoms with Gasteiger partial charge in [-0.1, -0.05) is 30.3 Å². The van der Waals surface area contributed by atoms with Gasteiger partial charge in [0.05, 0.1) is 5.56 Å². The summed E-state index contributed by atoms with van der Waals surface area (Å²) in [6.07, 6.45) is 3.38. The maximum absolute atomic E-state index is 12.0. The van der Waals surface area contributed by atoms with Gasteiger partial charge in [-0.25, -0.2) is 4.98 Å². The predicted molar refractivity (Wildman–Crippen MR) is 73.6 cm³/mol. The number of pyridine rings is 1. The summed E-state index contributed by atoms with van der Waals surface area (Å²) in [5, 5.41) is 2.62. The molecule has 2 aromatic heterocycles. The van der Waals surface area contributed by atoms with Crippen molar-refractivity contribution in [3.63, 3.8) is 0 Å². The molecule has 1 N–H and O–H groups in total. The van der Waals surface area contributed by atoms with Gasteiger partial charge in [0.1, 0.15) is 5.01 Å². The van der Waals surface area contributed by atoms with Crippen molar-refractivity contribution < 1.29 is 0 Å². The zero-order valence-electron chi connectivity index (χ0n) is 9.46. The van der Waals surface area contributed by atoms with E-state index in [9.17, 15) is 4.79 Å². The molecule has 1 aromatic carbocycles. The number of nitrogens with zero attached hydrogens (tertiary/aromatic N) is 1. The Hall–Kier alpha value is -2.20. The molecule has 0 aliphatic rings. The lowest BCUT2D eigenvalue weighted by atomic mass is 10.0. The van der Waals surface area contributed by atoms with Crippen LogP contribution >= 0.6 is 11.3 Å². The van der Waals surface area contributed by atoms with E-state index < -0.39 is 0 Å². The van der Waals surface area contributed by atoms with Crippen molar-refractivity contribution in [2.24, 2.45) is 0 Å². The van der Waals surface area contributed by atoms with Crippen LogP contribution in [-0.4, -0.2) is 9.97 Å². The Morgan fingerprint density at radius 1 is 1.11 bits per heavy atom. The highest BCUT2D eigenvalue weighted by atomic mass is 32.1. The van der Waals surface area contributed by atoms with E-state index in [1.807, 2.05) is 41.8 Å². The van der Waals surface area contributed by atoms with Crippen molar-refractivity contribution in [3.05, 3.63) is 64.5 Å². The monoisotopic (exact) mass is 254 g/mol. The summed E-state index contributed by atoms with van der Waals surface area (Å²) in [6.45, 7) is 0. The fourth-order valence-corrected chi connectivity index (χ4v) is 2.59. The maximum atomic E-state index is 12.0. The first-order valence-electron chi connectivity index (χ1n) is 5.53. The lowest BCUT2D eigenvalue weighted by Gasteiger charge is -2.05. The molecule has 0 spiro atoms. The highest BCUT2D eigenvalue weighted by Gasteiger charge is 2.12. The standard InChI is InChI=1S/C14H10N2OS/c17-13-12(14-16-8-9-18-14)11(6-7-15-13)10-4-2-1-3-5-10/h1-9H,(H,15,17). The van der Waals surface area contributed by atoms with Crippen LogP contribution in [-0.2, 0) is 0 Å². The Morgan fingerprint density at radius 3 is 2.67 bits per heavy atom. The highest BCUT2D eigenvalue weighted by molar-refractivity contribution is 7.13. The molecule has 0 amide bonds. The van der Waals surface area contributed by atoms with E-state index in [4.69, 9.17) is 0 Å². The van der Waals surface area contributed by atoms with Crippen LogP contribution in [0.4, 0.5) is 0 Å². The van der Waals surface area contributed by atoms with E-state index in [2.05, 4.69) is 9.97 Å². The molecule has 0 saturated carbocycles. The summed E-state index contributed by atoms with van der Waals surface area (Å²) in [5.41, 5.74) is 2.47. The number of nitrogens with one attached hydrogen (secondary N) is 1. The van der Waals surface area contributed by atoms with Crippen molar-refractivity contribution in [2.45, 2.75) is 0 Å². The number of H-pyrrole nitrogens is 1. The molecule has 0 bridgehead atoms. The molecule has 18 heavy (non-hydrogen) atoms. The summed E-state index contributed by atoms with van der Waals surface area (Å²) < 4.78 is 0. The Morgan fingerprint density at radius 2 is 1.94 bits per heavy atom. The van der Waals surface area contributed by atoms with Crippen LogP contribution in [0.15, 0.2) is 59.0 Å². The van der Waals surface area contributed by atoms with Gasteiger partial charge in [0, 0.05) is 17.8 Å². The second-order valence-corrected chi connectivity index (χ2v) is 4.69. The fraction of sp³-hybridized carbons (Fsp3) is 0. The Labute approximate surface area is 108 Å². The van der Waals surface area contributed by atoms with Crippen LogP contribution in [0.3, 0.4) is 0 Å². The summed E-state index contributed by atoms with van der Waals surface area (Å²) in [7, 11) is 0. The SMILES string of the molecule is O=c1[nH]ccc(-c2ccccc2)c1-c1nccs1. The Kier molecular flexibility index (Phi) is 2.78. The third kappa shape index (κ3) is 1.87. The fourth-order valence-electron chi connectivity index (χ4n) is 1.90. The van der Waals surface area contributed by atoms with Crippen LogP contribution in [0.2, 0.25) is 0 Å². The molecule has 3 nitrogen and oxygen atoms in total. The van der Waals surface area contributed by atoms with E-state index in [1.54, 1.807) is 12.4 Å². The first kappa shape index (κ1) is 10.9. The molecule has 2 heterocycles. The normalized spacial score (nSPS) is 10.4. The first-order chi connectivity index (χ1) is 8.86. The average molecular weight is 254 g/mol. The third-order valence-corrected chi connectivity index (χ3v) is 3.48. The number of hydrogen-bond donors (Lipinski definition) is 1. The van der Waals surface area contributed by atoms with Gasteiger partial charge in [0.15, 0.2) is 0 Å². The van der Waals surface area contributed by atoms with Crippen LogP contribution in [0.5, 0.6) is 0 Å². The summed E-state index contributed by atoms with van der Waals surface area (Å²) in [6, 6.07) is 11.8. The summed E-state index contributed by atoms with van der Waals surface area (Å²) >= 11 is 1.47. The smallest absolute Gasteiger partial charge is 0.258 e. The van der Waals surface area contributed by atoms with Gasteiger partial charge in [-0.05, 0) is 17.2 Å². The number of thiazole rings is 1. The molecular weight excluding hydrogens is 244 g/mol. The molecule has 3 rings (SSSR count). The van der Waals surface area contributed by atoms with Crippen LogP contribution in [0.25, 0.3) is 21.7 Å². The molecule has 0 aliphatic carbocycles. The Balaban J connectivity index is 2.29. The second-order valence-electron chi connectivity index (χ2n) is 3.80. The molecule has 4 heteroatoms. The van der Waals surface area contributed by atoms with Crippen molar-refractivity contribution >= 4 is 11.3 Å². The number of aromatic nitrogens is 2. The molecular formula is C14H10N2OS. The minimum Gasteiger partial charge on any atom is -0.328 e. The van der Waals surface area contributed by atoms with Gasteiger partial charge < -0.3 is 4.98 Å². The first-order valence-corrected chi connectivity index (χ1v) is 6.41. The van der Waals surface area contributed by atoms with Gasteiger partial charge in [-0.15, -0.1) is 11.3 Å². The molecule has 88 valence electrons. The molecule has 0 saturated heterocycles.